The van der Waals surface area contributed by atoms with Crippen LogP contribution in [-0.4, -0.2) is 0 Å². The SMILES string of the molecule is CCC(CC)=C(C#N)C#N. The lowest BCUT2D eigenvalue weighted by Gasteiger charge is -1.96. The summed E-state index contributed by atoms with van der Waals surface area (Å²) >= 11 is 0. The fourth-order valence-electron chi connectivity index (χ4n) is 0.787. The Balaban J connectivity index is 4.62. The highest BCUT2D eigenvalue weighted by molar-refractivity contribution is 5.39. The van der Waals surface area contributed by atoms with E-state index in [4.69, 9.17) is 10.5 Å². The van der Waals surface area contributed by atoms with Crippen LogP contribution in [-0.2, 0) is 0 Å². The molecular formula is C8H10N2. The summed E-state index contributed by atoms with van der Waals surface area (Å²) in [4.78, 5) is 0. The Morgan fingerprint density at radius 1 is 1.10 bits per heavy atom. The first kappa shape index (κ1) is 8.72. The minimum Gasteiger partial charge on any atom is -0.192 e. The summed E-state index contributed by atoms with van der Waals surface area (Å²) in [6, 6.07) is 3.74. The molecule has 0 saturated heterocycles. The molecule has 0 fully saturated rings. The maximum atomic E-state index is 8.43. The van der Waals surface area contributed by atoms with Crippen LogP contribution >= 0.6 is 0 Å². The van der Waals surface area contributed by atoms with Crippen molar-refractivity contribution in [3.05, 3.63) is 11.1 Å². The molecule has 2 heteroatoms. The molecule has 0 aromatic heterocycles. The Labute approximate surface area is 61.4 Å². The molecule has 0 heterocycles. The molecule has 0 saturated carbocycles. The van der Waals surface area contributed by atoms with E-state index in [2.05, 4.69) is 0 Å². The zero-order chi connectivity index (χ0) is 7.98. The van der Waals surface area contributed by atoms with Gasteiger partial charge in [0.1, 0.15) is 17.7 Å². The van der Waals surface area contributed by atoms with Gasteiger partial charge >= 0.3 is 0 Å². The van der Waals surface area contributed by atoms with Gasteiger partial charge in [-0.15, -0.1) is 0 Å². The van der Waals surface area contributed by atoms with Crippen molar-refractivity contribution >= 4 is 0 Å². The van der Waals surface area contributed by atoms with E-state index in [0.717, 1.165) is 18.4 Å². The van der Waals surface area contributed by atoms with Gasteiger partial charge in [-0.1, -0.05) is 13.8 Å². The van der Waals surface area contributed by atoms with Crippen LogP contribution in [0.2, 0.25) is 0 Å². The summed E-state index contributed by atoms with van der Waals surface area (Å²) in [6.07, 6.45) is 1.60. The monoisotopic (exact) mass is 134 g/mol. The first-order valence-corrected chi connectivity index (χ1v) is 3.32. The lowest BCUT2D eigenvalue weighted by molar-refractivity contribution is 0.968. The van der Waals surface area contributed by atoms with Crippen molar-refractivity contribution < 1.29 is 0 Å². The predicted octanol–water partition coefficient (Wildman–Crippen LogP) is 2.15. The van der Waals surface area contributed by atoms with E-state index in [-0.39, 0.29) is 5.57 Å². The van der Waals surface area contributed by atoms with Gasteiger partial charge in [0.2, 0.25) is 0 Å². The fraction of sp³-hybridized carbons (Fsp3) is 0.500. The van der Waals surface area contributed by atoms with Gasteiger partial charge in [-0.05, 0) is 18.4 Å². The second-order valence-electron chi connectivity index (χ2n) is 1.91. The molecular weight excluding hydrogens is 124 g/mol. The van der Waals surface area contributed by atoms with Crippen molar-refractivity contribution in [3.8, 4) is 12.1 Å². The third kappa shape index (κ3) is 1.91. The Bertz CT molecular complexity index is 190. The summed E-state index contributed by atoms with van der Waals surface area (Å²) in [5, 5.41) is 16.9. The molecule has 52 valence electrons. The van der Waals surface area contributed by atoms with Crippen LogP contribution in [0, 0.1) is 22.7 Å². The van der Waals surface area contributed by atoms with E-state index in [9.17, 15) is 0 Å². The van der Waals surface area contributed by atoms with E-state index in [0.29, 0.717) is 0 Å². The highest BCUT2D eigenvalue weighted by Gasteiger charge is 1.99. The predicted molar refractivity (Wildman–Crippen MR) is 38.8 cm³/mol. The highest BCUT2D eigenvalue weighted by atomic mass is 14.3. The quantitative estimate of drug-likeness (QED) is 0.543. The van der Waals surface area contributed by atoms with Gasteiger partial charge < -0.3 is 0 Å². The minimum atomic E-state index is 0.282. The van der Waals surface area contributed by atoms with Crippen molar-refractivity contribution in [2.75, 3.05) is 0 Å². The van der Waals surface area contributed by atoms with Gasteiger partial charge in [-0.25, -0.2) is 0 Å². The summed E-state index contributed by atoms with van der Waals surface area (Å²) in [5.74, 6) is 0. The molecule has 0 atom stereocenters. The first-order valence-electron chi connectivity index (χ1n) is 3.32. The third-order valence-corrected chi connectivity index (χ3v) is 1.43. The number of hydrogen-bond acceptors (Lipinski definition) is 2. The summed E-state index contributed by atoms with van der Waals surface area (Å²) in [5.41, 5.74) is 1.23. The van der Waals surface area contributed by atoms with Crippen LogP contribution in [0.1, 0.15) is 26.7 Å². The van der Waals surface area contributed by atoms with Crippen LogP contribution in [0.15, 0.2) is 11.1 Å². The molecule has 10 heavy (non-hydrogen) atoms. The van der Waals surface area contributed by atoms with E-state index < -0.39 is 0 Å². The molecule has 0 aromatic rings. The molecule has 0 aliphatic carbocycles. The molecule has 0 unspecified atom stereocenters. The third-order valence-electron chi connectivity index (χ3n) is 1.43. The molecule has 0 aliphatic heterocycles. The van der Waals surface area contributed by atoms with Crippen molar-refractivity contribution in [2.24, 2.45) is 0 Å². The van der Waals surface area contributed by atoms with Crippen molar-refractivity contribution in [1.82, 2.24) is 0 Å². The van der Waals surface area contributed by atoms with Gasteiger partial charge in [-0.2, -0.15) is 10.5 Å². The second kappa shape index (κ2) is 4.58. The highest BCUT2D eigenvalue weighted by Crippen LogP contribution is 2.10. The molecule has 2 nitrogen and oxygen atoms in total. The van der Waals surface area contributed by atoms with Crippen LogP contribution in [0.25, 0.3) is 0 Å². The zero-order valence-corrected chi connectivity index (χ0v) is 6.31. The fourth-order valence-corrected chi connectivity index (χ4v) is 0.787. The molecule has 0 radical (unpaired) electrons. The maximum Gasteiger partial charge on any atom is 0.128 e. The van der Waals surface area contributed by atoms with Gasteiger partial charge in [0.25, 0.3) is 0 Å². The minimum absolute atomic E-state index is 0.282. The number of nitriles is 2. The topological polar surface area (TPSA) is 47.6 Å². The summed E-state index contributed by atoms with van der Waals surface area (Å²) in [7, 11) is 0. The Kier molecular flexibility index (Phi) is 4.00. The summed E-state index contributed by atoms with van der Waals surface area (Å²) in [6.45, 7) is 3.90. The zero-order valence-electron chi connectivity index (χ0n) is 6.31. The Morgan fingerprint density at radius 3 is 1.60 bits per heavy atom. The van der Waals surface area contributed by atoms with Crippen LogP contribution in [0.3, 0.4) is 0 Å². The second-order valence-corrected chi connectivity index (χ2v) is 1.91. The first-order chi connectivity index (χ1) is 4.79. The van der Waals surface area contributed by atoms with E-state index in [1.165, 1.54) is 0 Å². The van der Waals surface area contributed by atoms with Crippen LogP contribution < -0.4 is 0 Å². The molecule has 0 amide bonds. The average Bonchev–Trinajstić information content (AvgIpc) is 2.00. The number of rotatable bonds is 2. The van der Waals surface area contributed by atoms with E-state index in [1.807, 2.05) is 26.0 Å². The van der Waals surface area contributed by atoms with Gasteiger partial charge in [0, 0.05) is 0 Å². The molecule has 0 aliphatic rings. The van der Waals surface area contributed by atoms with Gasteiger partial charge in [-0.3, -0.25) is 0 Å². The summed E-state index contributed by atoms with van der Waals surface area (Å²) < 4.78 is 0. The molecule has 0 aromatic carbocycles. The van der Waals surface area contributed by atoms with E-state index in [1.54, 1.807) is 0 Å². The van der Waals surface area contributed by atoms with Gasteiger partial charge in [0.15, 0.2) is 0 Å². The van der Waals surface area contributed by atoms with Crippen molar-refractivity contribution in [1.29, 1.82) is 10.5 Å². The Morgan fingerprint density at radius 2 is 1.50 bits per heavy atom. The number of nitrogens with zero attached hydrogens (tertiary/aromatic N) is 2. The smallest absolute Gasteiger partial charge is 0.128 e. The molecule has 0 rings (SSSR count). The average molecular weight is 134 g/mol. The largest absolute Gasteiger partial charge is 0.192 e. The molecule has 0 spiro atoms. The maximum absolute atomic E-state index is 8.43. The van der Waals surface area contributed by atoms with Gasteiger partial charge in [0.05, 0.1) is 0 Å². The lowest BCUT2D eigenvalue weighted by Crippen LogP contribution is -1.84. The Hall–Kier alpha value is -1.28. The lowest BCUT2D eigenvalue weighted by atomic mass is 10.1. The van der Waals surface area contributed by atoms with E-state index >= 15 is 0 Å². The standard InChI is InChI=1S/C8H10N2/c1-3-7(4-2)8(5-9)6-10/h3-4H2,1-2H3. The molecule has 0 N–H and O–H groups in total. The van der Waals surface area contributed by atoms with Crippen LogP contribution in [0.5, 0.6) is 0 Å². The van der Waals surface area contributed by atoms with Crippen molar-refractivity contribution in [3.63, 3.8) is 0 Å². The number of allylic oxidation sites excluding steroid dienone is 2. The van der Waals surface area contributed by atoms with Crippen molar-refractivity contribution in [2.45, 2.75) is 26.7 Å². The van der Waals surface area contributed by atoms with Crippen LogP contribution in [0.4, 0.5) is 0 Å². The molecule has 0 bridgehead atoms. The number of hydrogen-bond donors (Lipinski definition) is 0. The normalized spacial score (nSPS) is 7.60.